The third-order valence-electron chi connectivity index (χ3n) is 5.64. The standard InChI is InChI=1S/C25H29N3O4S2/c1-2-32-21-13-12-20(17-23(21)34(30,31)28-14-6-7-15-28)27-24(29)18-26-25(22-11-8-16-33-22)19-9-4-3-5-10-19/h3-5,8-13,16-17,25-26H,2,6-7,14-15,18H2,1H3,(H,27,29). The monoisotopic (exact) mass is 499 g/mol. The summed E-state index contributed by atoms with van der Waals surface area (Å²) < 4.78 is 33.4. The second-order valence-electron chi connectivity index (χ2n) is 7.99. The van der Waals surface area contributed by atoms with E-state index in [1.54, 1.807) is 23.5 Å². The number of thiophene rings is 1. The first-order valence-corrected chi connectivity index (χ1v) is 13.7. The van der Waals surface area contributed by atoms with Crippen LogP contribution in [0.4, 0.5) is 5.69 Å². The topological polar surface area (TPSA) is 87.7 Å². The van der Waals surface area contributed by atoms with Gasteiger partial charge in [0.2, 0.25) is 15.9 Å². The van der Waals surface area contributed by atoms with Crippen molar-refractivity contribution in [1.29, 1.82) is 0 Å². The van der Waals surface area contributed by atoms with E-state index in [1.807, 2.05) is 54.8 Å². The molecule has 1 aliphatic rings. The number of carbonyl (C=O) groups is 1. The van der Waals surface area contributed by atoms with Gasteiger partial charge in [0, 0.05) is 23.7 Å². The van der Waals surface area contributed by atoms with Crippen LogP contribution >= 0.6 is 11.3 Å². The van der Waals surface area contributed by atoms with E-state index in [4.69, 9.17) is 4.74 Å². The highest BCUT2D eigenvalue weighted by Gasteiger charge is 2.30. The lowest BCUT2D eigenvalue weighted by Crippen LogP contribution is -2.32. The molecular formula is C25H29N3O4S2. The van der Waals surface area contributed by atoms with Crippen molar-refractivity contribution < 1.29 is 17.9 Å². The summed E-state index contributed by atoms with van der Waals surface area (Å²) in [6.07, 6.45) is 1.69. The molecule has 180 valence electrons. The summed E-state index contributed by atoms with van der Waals surface area (Å²) in [4.78, 5) is 14.0. The molecule has 1 fully saturated rings. The number of nitrogens with one attached hydrogen (secondary N) is 2. The summed E-state index contributed by atoms with van der Waals surface area (Å²) in [6.45, 7) is 3.22. The summed E-state index contributed by atoms with van der Waals surface area (Å²) >= 11 is 1.62. The molecular weight excluding hydrogens is 470 g/mol. The molecule has 0 radical (unpaired) electrons. The van der Waals surface area contributed by atoms with Crippen LogP contribution in [-0.4, -0.2) is 44.9 Å². The van der Waals surface area contributed by atoms with E-state index < -0.39 is 10.0 Å². The second kappa shape index (κ2) is 11.1. The second-order valence-corrected chi connectivity index (χ2v) is 10.9. The minimum atomic E-state index is -3.70. The molecule has 4 rings (SSSR count). The third kappa shape index (κ3) is 5.67. The van der Waals surface area contributed by atoms with E-state index in [0.29, 0.717) is 31.1 Å². The molecule has 1 saturated heterocycles. The highest BCUT2D eigenvalue weighted by Crippen LogP contribution is 2.32. The van der Waals surface area contributed by atoms with Crippen LogP contribution in [0.1, 0.15) is 36.2 Å². The molecule has 2 aromatic carbocycles. The van der Waals surface area contributed by atoms with Crippen LogP contribution in [0.25, 0.3) is 0 Å². The molecule has 0 aliphatic carbocycles. The summed E-state index contributed by atoms with van der Waals surface area (Å²) in [5.41, 5.74) is 1.48. The van der Waals surface area contributed by atoms with Crippen LogP contribution in [0.15, 0.2) is 70.9 Å². The van der Waals surface area contributed by atoms with Crippen molar-refractivity contribution in [2.24, 2.45) is 0 Å². The van der Waals surface area contributed by atoms with Gasteiger partial charge in [0.05, 0.1) is 19.2 Å². The SMILES string of the molecule is CCOc1ccc(NC(=O)CNC(c2ccccc2)c2cccs2)cc1S(=O)(=O)N1CCCC1. The van der Waals surface area contributed by atoms with E-state index in [9.17, 15) is 13.2 Å². The lowest BCUT2D eigenvalue weighted by molar-refractivity contribution is -0.115. The Morgan fingerprint density at radius 1 is 1.09 bits per heavy atom. The van der Waals surface area contributed by atoms with Gasteiger partial charge in [-0.25, -0.2) is 8.42 Å². The van der Waals surface area contributed by atoms with Crippen LogP contribution in [0.3, 0.4) is 0 Å². The molecule has 9 heteroatoms. The first kappa shape index (κ1) is 24.4. The van der Waals surface area contributed by atoms with E-state index in [1.165, 1.54) is 10.4 Å². The zero-order valence-corrected chi connectivity index (χ0v) is 20.7. The molecule has 1 aromatic heterocycles. The average Bonchev–Trinajstić information content (AvgIpc) is 3.56. The molecule has 1 aliphatic heterocycles. The third-order valence-corrected chi connectivity index (χ3v) is 8.49. The number of anilines is 1. The van der Waals surface area contributed by atoms with Gasteiger partial charge in [0.15, 0.2) is 0 Å². The summed E-state index contributed by atoms with van der Waals surface area (Å²) in [5, 5.41) is 8.17. The Bertz CT molecular complexity index is 1190. The van der Waals surface area contributed by atoms with Gasteiger partial charge in [-0.1, -0.05) is 36.4 Å². The Morgan fingerprint density at radius 2 is 1.85 bits per heavy atom. The van der Waals surface area contributed by atoms with Gasteiger partial charge in [-0.3, -0.25) is 10.1 Å². The lowest BCUT2D eigenvalue weighted by atomic mass is 10.1. The van der Waals surface area contributed by atoms with Gasteiger partial charge in [-0.15, -0.1) is 11.3 Å². The molecule has 3 aromatic rings. The smallest absolute Gasteiger partial charge is 0.246 e. The maximum atomic E-state index is 13.2. The minimum Gasteiger partial charge on any atom is -0.492 e. The fraction of sp³-hybridized carbons (Fsp3) is 0.320. The maximum absolute atomic E-state index is 13.2. The first-order chi connectivity index (χ1) is 16.5. The van der Waals surface area contributed by atoms with Crippen LogP contribution in [-0.2, 0) is 14.8 Å². The van der Waals surface area contributed by atoms with Crippen LogP contribution in [0, 0.1) is 0 Å². The Morgan fingerprint density at radius 3 is 2.53 bits per heavy atom. The molecule has 1 unspecified atom stereocenters. The molecule has 0 saturated carbocycles. The number of hydrogen-bond donors (Lipinski definition) is 2. The van der Waals surface area contributed by atoms with E-state index in [2.05, 4.69) is 10.6 Å². The quantitative estimate of drug-likeness (QED) is 0.436. The van der Waals surface area contributed by atoms with Gasteiger partial charge < -0.3 is 10.1 Å². The number of carbonyl (C=O) groups excluding carboxylic acids is 1. The average molecular weight is 500 g/mol. The van der Waals surface area contributed by atoms with Crippen LogP contribution < -0.4 is 15.4 Å². The largest absolute Gasteiger partial charge is 0.492 e. The summed E-state index contributed by atoms with van der Waals surface area (Å²) in [7, 11) is -3.70. The summed E-state index contributed by atoms with van der Waals surface area (Å²) in [5.74, 6) is 0.0403. The fourth-order valence-electron chi connectivity index (χ4n) is 4.01. The van der Waals surface area contributed by atoms with E-state index >= 15 is 0 Å². The van der Waals surface area contributed by atoms with Crippen molar-refractivity contribution in [3.63, 3.8) is 0 Å². The lowest BCUT2D eigenvalue weighted by Gasteiger charge is -2.20. The summed E-state index contributed by atoms with van der Waals surface area (Å²) in [6, 6.07) is 18.6. The Kier molecular flexibility index (Phi) is 7.99. The predicted octanol–water partition coefficient (Wildman–Crippen LogP) is 4.25. The zero-order chi connectivity index (χ0) is 24.0. The van der Waals surface area contributed by atoms with Crippen molar-refractivity contribution in [1.82, 2.24) is 9.62 Å². The van der Waals surface area contributed by atoms with Gasteiger partial charge in [-0.2, -0.15) is 4.31 Å². The predicted molar refractivity (Wildman–Crippen MR) is 135 cm³/mol. The fourth-order valence-corrected chi connectivity index (χ4v) is 6.51. The Balaban J connectivity index is 1.49. The van der Waals surface area contributed by atoms with Crippen molar-refractivity contribution in [3.8, 4) is 5.75 Å². The molecule has 1 atom stereocenters. The highest BCUT2D eigenvalue weighted by molar-refractivity contribution is 7.89. The highest BCUT2D eigenvalue weighted by atomic mass is 32.2. The van der Waals surface area contributed by atoms with Crippen molar-refractivity contribution >= 4 is 33.0 Å². The molecule has 0 bridgehead atoms. The number of nitrogens with zero attached hydrogens (tertiary/aromatic N) is 1. The first-order valence-electron chi connectivity index (χ1n) is 11.4. The zero-order valence-electron chi connectivity index (χ0n) is 19.1. The van der Waals surface area contributed by atoms with E-state index in [-0.39, 0.29) is 23.4 Å². The van der Waals surface area contributed by atoms with Gasteiger partial charge in [-0.05, 0) is 55.0 Å². The number of amides is 1. The maximum Gasteiger partial charge on any atom is 0.246 e. The molecule has 2 heterocycles. The van der Waals surface area contributed by atoms with Crippen molar-refractivity contribution in [2.45, 2.75) is 30.7 Å². The van der Waals surface area contributed by atoms with Gasteiger partial charge in [0.1, 0.15) is 10.6 Å². The number of sulfonamides is 1. The molecule has 1 amide bonds. The molecule has 7 nitrogen and oxygen atoms in total. The van der Waals surface area contributed by atoms with Crippen LogP contribution in [0.5, 0.6) is 5.75 Å². The number of rotatable bonds is 10. The van der Waals surface area contributed by atoms with Crippen LogP contribution in [0.2, 0.25) is 0 Å². The van der Waals surface area contributed by atoms with Crippen molar-refractivity contribution in [2.75, 3.05) is 31.6 Å². The number of ether oxygens (including phenoxy) is 1. The molecule has 34 heavy (non-hydrogen) atoms. The number of hydrogen-bond acceptors (Lipinski definition) is 6. The van der Waals surface area contributed by atoms with E-state index in [0.717, 1.165) is 23.3 Å². The number of benzene rings is 2. The molecule has 2 N–H and O–H groups in total. The Labute approximate surface area is 204 Å². The normalized spacial score (nSPS) is 15.2. The van der Waals surface area contributed by atoms with Gasteiger partial charge in [0.25, 0.3) is 0 Å². The van der Waals surface area contributed by atoms with Gasteiger partial charge >= 0.3 is 0 Å². The Hall–Kier alpha value is -2.72. The molecule has 0 spiro atoms. The minimum absolute atomic E-state index is 0.0683. The van der Waals surface area contributed by atoms with Crippen molar-refractivity contribution in [3.05, 3.63) is 76.5 Å².